The highest BCUT2D eigenvalue weighted by Crippen LogP contribution is 2.25. The fourth-order valence-electron chi connectivity index (χ4n) is 1.88. The lowest BCUT2D eigenvalue weighted by Gasteiger charge is -2.22. The van der Waals surface area contributed by atoms with Gasteiger partial charge in [0.25, 0.3) is 0 Å². The summed E-state index contributed by atoms with van der Waals surface area (Å²) in [5, 5.41) is 11.6. The van der Waals surface area contributed by atoms with Gasteiger partial charge in [0.1, 0.15) is 6.04 Å². The summed E-state index contributed by atoms with van der Waals surface area (Å²) in [6.07, 6.45) is 5.39. The summed E-state index contributed by atoms with van der Waals surface area (Å²) in [5.41, 5.74) is 0. The highest BCUT2D eigenvalue weighted by Gasteiger charge is 2.26. The van der Waals surface area contributed by atoms with Crippen LogP contribution in [0.4, 0.5) is 0 Å². The summed E-state index contributed by atoms with van der Waals surface area (Å²) in [5.74, 6) is -0.0176. The molecule has 1 heterocycles. The third-order valence-electron chi connectivity index (χ3n) is 2.93. The molecule has 1 rings (SSSR count). The summed E-state index contributed by atoms with van der Waals surface area (Å²) >= 11 is 1.64. The molecule has 5 heteroatoms. The summed E-state index contributed by atoms with van der Waals surface area (Å²) in [7, 11) is 0. The summed E-state index contributed by atoms with van der Waals surface area (Å²) in [6.45, 7) is 2.01. The van der Waals surface area contributed by atoms with Gasteiger partial charge in [0.2, 0.25) is 5.91 Å². The minimum Gasteiger partial charge on any atom is -0.480 e. The van der Waals surface area contributed by atoms with Crippen molar-refractivity contribution in [1.29, 1.82) is 0 Å². The largest absolute Gasteiger partial charge is 0.480 e. The van der Waals surface area contributed by atoms with E-state index in [2.05, 4.69) is 5.32 Å². The van der Waals surface area contributed by atoms with Gasteiger partial charge in [-0.3, -0.25) is 4.79 Å². The lowest BCUT2D eigenvalue weighted by atomic mass is 10.1. The Bertz CT molecular complexity index is 264. The summed E-state index contributed by atoms with van der Waals surface area (Å²) in [4.78, 5) is 22.9. The van der Waals surface area contributed by atoms with Crippen molar-refractivity contribution in [3.63, 3.8) is 0 Å². The number of carboxylic acids is 1. The Hall–Kier alpha value is -0.710. The predicted octanol–water partition coefficient (Wildman–Crippen LogP) is 2.03. The second kappa shape index (κ2) is 7.58. The van der Waals surface area contributed by atoms with Gasteiger partial charge in [-0.1, -0.05) is 26.2 Å². The molecule has 98 valence electrons. The topological polar surface area (TPSA) is 66.4 Å². The zero-order valence-corrected chi connectivity index (χ0v) is 11.1. The number of aliphatic carboxylic acids is 1. The number of hydrogen-bond acceptors (Lipinski definition) is 3. The van der Waals surface area contributed by atoms with Crippen molar-refractivity contribution < 1.29 is 14.7 Å². The molecule has 2 N–H and O–H groups in total. The number of unbranched alkanes of at least 4 members (excludes halogenated alkanes) is 1. The fourth-order valence-corrected chi connectivity index (χ4v) is 3.09. The molecule has 17 heavy (non-hydrogen) atoms. The van der Waals surface area contributed by atoms with Crippen molar-refractivity contribution in [3.8, 4) is 0 Å². The lowest BCUT2D eigenvalue weighted by molar-refractivity contribution is -0.142. The summed E-state index contributed by atoms with van der Waals surface area (Å²) in [6, 6.07) is -0.718. The molecule has 0 saturated carbocycles. The molecule has 1 aliphatic heterocycles. The van der Waals surface area contributed by atoms with E-state index in [-0.39, 0.29) is 11.2 Å². The van der Waals surface area contributed by atoms with Crippen LogP contribution < -0.4 is 5.32 Å². The first-order valence-corrected chi connectivity index (χ1v) is 7.34. The van der Waals surface area contributed by atoms with E-state index in [1.807, 2.05) is 6.92 Å². The molecule has 1 fully saturated rings. The number of rotatable bonds is 6. The van der Waals surface area contributed by atoms with Gasteiger partial charge in [-0.2, -0.15) is 0 Å². The monoisotopic (exact) mass is 259 g/mol. The zero-order chi connectivity index (χ0) is 12.7. The molecule has 0 aromatic rings. The van der Waals surface area contributed by atoms with Gasteiger partial charge in [0.15, 0.2) is 0 Å². The van der Waals surface area contributed by atoms with Gasteiger partial charge in [-0.05, 0) is 25.0 Å². The molecule has 0 bridgehead atoms. The quantitative estimate of drug-likeness (QED) is 0.766. The van der Waals surface area contributed by atoms with E-state index >= 15 is 0 Å². The Balaban J connectivity index is 2.42. The van der Waals surface area contributed by atoms with E-state index < -0.39 is 12.0 Å². The van der Waals surface area contributed by atoms with Crippen LogP contribution in [0, 0.1) is 0 Å². The highest BCUT2D eigenvalue weighted by atomic mass is 32.2. The second-order valence-electron chi connectivity index (χ2n) is 4.40. The SMILES string of the molecule is CCCC[C@H](NC(=O)C1CCCCS1)C(=O)O. The number of carboxylic acid groups (broad SMARTS) is 1. The number of carbonyl (C=O) groups excluding carboxylic acids is 1. The Kier molecular flexibility index (Phi) is 6.40. The van der Waals surface area contributed by atoms with Crippen LogP contribution in [0.2, 0.25) is 0 Å². The van der Waals surface area contributed by atoms with Gasteiger partial charge in [-0.15, -0.1) is 11.8 Å². The van der Waals surface area contributed by atoms with Crippen molar-refractivity contribution in [2.24, 2.45) is 0 Å². The average Bonchev–Trinajstić information content (AvgIpc) is 2.35. The third-order valence-corrected chi connectivity index (χ3v) is 4.31. The molecule has 0 aromatic carbocycles. The molecule has 0 spiro atoms. The Morgan fingerprint density at radius 2 is 2.24 bits per heavy atom. The second-order valence-corrected chi connectivity index (χ2v) is 5.71. The Labute approximate surface area is 107 Å². The van der Waals surface area contributed by atoms with Gasteiger partial charge >= 0.3 is 5.97 Å². The molecule has 0 aliphatic carbocycles. The standard InChI is InChI=1S/C12H21NO3S/c1-2-3-6-9(12(15)16)13-11(14)10-7-4-5-8-17-10/h9-10H,2-8H2,1H3,(H,13,14)(H,15,16)/t9-,10?/m0/s1. The molecule has 0 radical (unpaired) electrons. The first-order chi connectivity index (χ1) is 8.15. The lowest BCUT2D eigenvalue weighted by Crippen LogP contribution is -2.45. The number of carbonyl (C=O) groups is 2. The van der Waals surface area contributed by atoms with E-state index in [1.165, 1.54) is 0 Å². The maximum absolute atomic E-state index is 11.9. The van der Waals surface area contributed by atoms with Gasteiger partial charge in [-0.25, -0.2) is 4.79 Å². The van der Waals surface area contributed by atoms with E-state index in [1.54, 1.807) is 11.8 Å². The first-order valence-electron chi connectivity index (χ1n) is 6.30. The smallest absolute Gasteiger partial charge is 0.326 e. The molecule has 2 atom stereocenters. The molecule has 0 aromatic heterocycles. The number of nitrogens with one attached hydrogen (secondary N) is 1. The van der Waals surface area contributed by atoms with E-state index in [4.69, 9.17) is 5.11 Å². The van der Waals surface area contributed by atoms with Crippen molar-refractivity contribution >= 4 is 23.6 Å². The minimum absolute atomic E-state index is 0.0489. The number of amides is 1. The molecule has 4 nitrogen and oxygen atoms in total. The van der Waals surface area contributed by atoms with Gasteiger partial charge in [0.05, 0.1) is 5.25 Å². The van der Waals surface area contributed by atoms with Gasteiger partial charge in [0, 0.05) is 0 Å². The van der Waals surface area contributed by atoms with Crippen LogP contribution in [0.5, 0.6) is 0 Å². The van der Waals surface area contributed by atoms with E-state index in [0.717, 1.165) is 37.9 Å². The maximum Gasteiger partial charge on any atom is 0.326 e. The predicted molar refractivity (Wildman–Crippen MR) is 69.2 cm³/mol. The molecular formula is C12H21NO3S. The highest BCUT2D eigenvalue weighted by molar-refractivity contribution is 8.00. The maximum atomic E-state index is 11.9. The van der Waals surface area contributed by atoms with Crippen molar-refractivity contribution in [2.45, 2.75) is 56.7 Å². The van der Waals surface area contributed by atoms with Crippen LogP contribution in [0.3, 0.4) is 0 Å². The van der Waals surface area contributed by atoms with Crippen LogP contribution in [0.15, 0.2) is 0 Å². The number of thioether (sulfide) groups is 1. The van der Waals surface area contributed by atoms with Crippen molar-refractivity contribution in [3.05, 3.63) is 0 Å². The molecule has 1 saturated heterocycles. The van der Waals surface area contributed by atoms with Crippen LogP contribution >= 0.6 is 11.8 Å². The zero-order valence-electron chi connectivity index (χ0n) is 10.3. The van der Waals surface area contributed by atoms with Crippen LogP contribution in [0.25, 0.3) is 0 Å². The van der Waals surface area contributed by atoms with E-state index in [9.17, 15) is 9.59 Å². The van der Waals surface area contributed by atoms with Crippen LogP contribution in [-0.2, 0) is 9.59 Å². The van der Waals surface area contributed by atoms with Crippen molar-refractivity contribution in [1.82, 2.24) is 5.32 Å². The van der Waals surface area contributed by atoms with Crippen LogP contribution in [-0.4, -0.2) is 34.0 Å². The fraction of sp³-hybridized carbons (Fsp3) is 0.833. The van der Waals surface area contributed by atoms with Crippen molar-refractivity contribution in [2.75, 3.05) is 5.75 Å². The Morgan fingerprint density at radius 3 is 2.76 bits per heavy atom. The normalized spacial score (nSPS) is 21.8. The minimum atomic E-state index is -0.924. The Morgan fingerprint density at radius 1 is 1.47 bits per heavy atom. The number of hydrogen-bond donors (Lipinski definition) is 2. The third kappa shape index (κ3) is 4.98. The van der Waals surface area contributed by atoms with Crippen LogP contribution in [0.1, 0.15) is 45.4 Å². The molecular weight excluding hydrogens is 238 g/mol. The average molecular weight is 259 g/mol. The first kappa shape index (κ1) is 14.4. The van der Waals surface area contributed by atoms with Gasteiger partial charge < -0.3 is 10.4 Å². The summed E-state index contributed by atoms with van der Waals surface area (Å²) < 4.78 is 0. The molecule has 1 unspecified atom stereocenters. The molecule has 1 amide bonds. The molecule has 1 aliphatic rings. The van der Waals surface area contributed by atoms with E-state index in [0.29, 0.717) is 6.42 Å².